The number of piperazine rings is 1. The fourth-order valence-electron chi connectivity index (χ4n) is 2.42. The van der Waals surface area contributed by atoms with Crippen LogP contribution in [0.1, 0.15) is 6.42 Å². The Morgan fingerprint density at radius 1 is 1.36 bits per heavy atom. The molecule has 2 amide bonds. The molecule has 1 saturated heterocycles. The summed E-state index contributed by atoms with van der Waals surface area (Å²) in [7, 11) is 1.87. The molecule has 2 N–H and O–H groups in total. The summed E-state index contributed by atoms with van der Waals surface area (Å²) >= 11 is 0. The number of nitrogens with two attached hydrogens (primary N) is 1. The second-order valence-corrected chi connectivity index (χ2v) is 5.30. The zero-order valence-electron chi connectivity index (χ0n) is 12.5. The van der Waals surface area contributed by atoms with Crippen LogP contribution < -0.4 is 10.5 Å². The number of para-hydroxylation sites is 1. The molecule has 7 heteroatoms. The number of likely N-dealkylation sites (N-methyl/N-ethyl adjacent to an activating group) is 1. The molecule has 120 valence electrons. The van der Waals surface area contributed by atoms with Crippen molar-refractivity contribution in [3.63, 3.8) is 0 Å². The van der Waals surface area contributed by atoms with E-state index in [1.807, 2.05) is 11.9 Å². The first-order valence-corrected chi connectivity index (χ1v) is 7.13. The molecule has 22 heavy (non-hydrogen) atoms. The number of rotatable bonds is 5. The van der Waals surface area contributed by atoms with Gasteiger partial charge in [0.25, 0.3) is 0 Å². The van der Waals surface area contributed by atoms with E-state index in [-0.39, 0.29) is 24.7 Å². The summed E-state index contributed by atoms with van der Waals surface area (Å²) in [6.45, 7) is 1.61. The number of primary amides is 1. The minimum atomic E-state index is -0.625. The fraction of sp³-hybridized carbons (Fsp3) is 0.467. The number of ether oxygens (including phenoxy) is 1. The molecule has 6 nitrogen and oxygen atoms in total. The van der Waals surface area contributed by atoms with Crippen molar-refractivity contribution in [3.05, 3.63) is 30.1 Å². The van der Waals surface area contributed by atoms with E-state index in [1.54, 1.807) is 12.1 Å². The third kappa shape index (κ3) is 3.94. The number of hydrogen-bond donors (Lipinski definition) is 1. The van der Waals surface area contributed by atoms with Gasteiger partial charge in [0.05, 0.1) is 13.0 Å². The number of carbonyl (C=O) groups is 2. The van der Waals surface area contributed by atoms with Crippen LogP contribution in [0.2, 0.25) is 0 Å². The normalized spacial score (nSPS) is 19.0. The molecule has 0 bridgehead atoms. The quantitative estimate of drug-likeness (QED) is 0.844. The first-order valence-electron chi connectivity index (χ1n) is 7.13. The lowest BCUT2D eigenvalue weighted by atomic mass is 10.1. The van der Waals surface area contributed by atoms with Gasteiger partial charge in [-0.2, -0.15) is 0 Å². The topological polar surface area (TPSA) is 75.9 Å². The summed E-state index contributed by atoms with van der Waals surface area (Å²) in [6.07, 6.45) is 0.0713. The van der Waals surface area contributed by atoms with E-state index in [9.17, 15) is 14.0 Å². The standard InChI is InChI=1S/C15H20FN3O3/c1-18-7-8-19(12(10-18)15(17)21)14(20)6-9-22-13-5-3-2-4-11(13)16/h2-5,12H,6-10H2,1H3,(H2,17,21). The van der Waals surface area contributed by atoms with E-state index in [1.165, 1.54) is 17.0 Å². The van der Waals surface area contributed by atoms with Crippen molar-refractivity contribution in [1.82, 2.24) is 9.80 Å². The Balaban J connectivity index is 1.88. The van der Waals surface area contributed by atoms with Crippen LogP contribution in [-0.2, 0) is 9.59 Å². The van der Waals surface area contributed by atoms with Crippen LogP contribution in [0.25, 0.3) is 0 Å². The summed E-state index contributed by atoms with van der Waals surface area (Å²) < 4.78 is 18.7. The van der Waals surface area contributed by atoms with Crippen molar-refractivity contribution in [2.75, 3.05) is 33.3 Å². The SMILES string of the molecule is CN1CCN(C(=O)CCOc2ccccc2F)C(C(N)=O)C1. The van der Waals surface area contributed by atoms with Crippen molar-refractivity contribution < 1.29 is 18.7 Å². The largest absolute Gasteiger partial charge is 0.490 e. The van der Waals surface area contributed by atoms with E-state index in [4.69, 9.17) is 10.5 Å². The maximum atomic E-state index is 13.4. The smallest absolute Gasteiger partial charge is 0.241 e. The highest BCUT2D eigenvalue weighted by atomic mass is 19.1. The van der Waals surface area contributed by atoms with Crippen LogP contribution in [0.3, 0.4) is 0 Å². The highest BCUT2D eigenvalue weighted by molar-refractivity contribution is 5.87. The van der Waals surface area contributed by atoms with Gasteiger partial charge in [0.2, 0.25) is 11.8 Å². The van der Waals surface area contributed by atoms with E-state index in [0.717, 1.165) is 0 Å². The molecule has 0 saturated carbocycles. The Labute approximate surface area is 128 Å². The minimum absolute atomic E-state index is 0.0532. The van der Waals surface area contributed by atoms with Crippen LogP contribution in [-0.4, -0.2) is 60.9 Å². The summed E-state index contributed by atoms with van der Waals surface area (Å²) in [5, 5.41) is 0. The molecule has 1 aliphatic rings. The van der Waals surface area contributed by atoms with Gasteiger partial charge in [0, 0.05) is 19.6 Å². The van der Waals surface area contributed by atoms with Crippen LogP contribution >= 0.6 is 0 Å². The van der Waals surface area contributed by atoms with Crippen LogP contribution in [0, 0.1) is 5.82 Å². The summed E-state index contributed by atoms with van der Waals surface area (Å²) in [6, 6.07) is 5.39. The molecule has 0 radical (unpaired) electrons. The van der Waals surface area contributed by atoms with Gasteiger partial charge < -0.3 is 20.3 Å². The van der Waals surface area contributed by atoms with E-state index >= 15 is 0 Å². The predicted molar refractivity (Wildman–Crippen MR) is 78.7 cm³/mol. The van der Waals surface area contributed by atoms with Gasteiger partial charge in [0.1, 0.15) is 6.04 Å². The zero-order valence-corrected chi connectivity index (χ0v) is 12.5. The Morgan fingerprint density at radius 3 is 2.77 bits per heavy atom. The average Bonchev–Trinajstić information content (AvgIpc) is 2.49. The van der Waals surface area contributed by atoms with Crippen LogP contribution in [0.4, 0.5) is 4.39 Å². The molecule has 1 aliphatic heterocycles. The van der Waals surface area contributed by atoms with Crippen LogP contribution in [0.15, 0.2) is 24.3 Å². The Bertz CT molecular complexity index is 553. The molecular formula is C15H20FN3O3. The zero-order chi connectivity index (χ0) is 16.1. The maximum absolute atomic E-state index is 13.4. The molecule has 1 aromatic rings. The van der Waals surface area contributed by atoms with Gasteiger partial charge in [0.15, 0.2) is 11.6 Å². The second kappa shape index (κ2) is 7.22. The maximum Gasteiger partial charge on any atom is 0.241 e. The summed E-state index contributed by atoms with van der Waals surface area (Å²) in [5.74, 6) is -1.09. The molecule has 1 heterocycles. The first-order chi connectivity index (χ1) is 10.5. The molecule has 2 rings (SSSR count). The second-order valence-electron chi connectivity index (χ2n) is 5.30. The molecule has 1 atom stereocenters. The highest BCUT2D eigenvalue weighted by Crippen LogP contribution is 2.16. The fourth-order valence-corrected chi connectivity index (χ4v) is 2.42. The van der Waals surface area contributed by atoms with Crippen molar-refractivity contribution in [2.45, 2.75) is 12.5 Å². The van der Waals surface area contributed by atoms with Crippen molar-refractivity contribution in [3.8, 4) is 5.75 Å². The molecule has 0 aromatic heterocycles. The Hall–Kier alpha value is -2.15. The van der Waals surface area contributed by atoms with E-state index in [0.29, 0.717) is 19.6 Å². The predicted octanol–water partition coefficient (Wildman–Crippen LogP) is 0.222. The van der Waals surface area contributed by atoms with Crippen LogP contribution in [0.5, 0.6) is 5.75 Å². The lowest BCUT2D eigenvalue weighted by Gasteiger charge is -2.38. The molecule has 1 fully saturated rings. The van der Waals surface area contributed by atoms with Gasteiger partial charge in [-0.05, 0) is 19.2 Å². The lowest BCUT2D eigenvalue weighted by molar-refractivity contribution is -0.142. The monoisotopic (exact) mass is 309 g/mol. The number of benzene rings is 1. The minimum Gasteiger partial charge on any atom is -0.490 e. The summed E-state index contributed by atoms with van der Waals surface area (Å²) in [4.78, 5) is 27.1. The van der Waals surface area contributed by atoms with E-state index in [2.05, 4.69) is 0 Å². The molecule has 0 spiro atoms. The average molecular weight is 309 g/mol. The third-order valence-corrected chi connectivity index (χ3v) is 3.64. The van der Waals surface area contributed by atoms with Gasteiger partial charge >= 0.3 is 0 Å². The first kappa shape index (κ1) is 16.2. The summed E-state index contributed by atoms with van der Waals surface area (Å²) in [5.41, 5.74) is 5.36. The lowest BCUT2D eigenvalue weighted by Crippen LogP contribution is -2.59. The number of halogens is 1. The molecular weight excluding hydrogens is 289 g/mol. The number of nitrogens with zero attached hydrogens (tertiary/aromatic N) is 2. The molecule has 1 unspecified atom stereocenters. The van der Waals surface area contributed by atoms with Gasteiger partial charge in [-0.25, -0.2) is 4.39 Å². The van der Waals surface area contributed by atoms with Crippen molar-refractivity contribution >= 4 is 11.8 Å². The van der Waals surface area contributed by atoms with Gasteiger partial charge in [-0.1, -0.05) is 12.1 Å². The Kier molecular flexibility index (Phi) is 5.32. The highest BCUT2D eigenvalue weighted by Gasteiger charge is 2.32. The molecule has 0 aliphatic carbocycles. The number of hydrogen-bond acceptors (Lipinski definition) is 4. The van der Waals surface area contributed by atoms with Gasteiger partial charge in [-0.3, -0.25) is 9.59 Å². The number of amides is 2. The third-order valence-electron chi connectivity index (χ3n) is 3.64. The Morgan fingerprint density at radius 2 is 2.09 bits per heavy atom. The molecule has 1 aromatic carbocycles. The van der Waals surface area contributed by atoms with Crippen molar-refractivity contribution in [2.24, 2.45) is 5.73 Å². The van der Waals surface area contributed by atoms with E-state index < -0.39 is 17.8 Å². The number of carbonyl (C=O) groups excluding carboxylic acids is 2. The van der Waals surface area contributed by atoms with Gasteiger partial charge in [-0.15, -0.1) is 0 Å². The van der Waals surface area contributed by atoms with Crippen molar-refractivity contribution in [1.29, 1.82) is 0 Å².